The van der Waals surface area contributed by atoms with Gasteiger partial charge in [0.05, 0.1) is 18.1 Å². The first-order valence-electron chi connectivity index (χ1n) is 7.39. The van der Waals surface area contributed by atoms with Crippen LogP contribution in [0.1, 0.15) is 18.9 Å². The molecule has 0 aliphatic carbocycles. The zero-order valence-corrected chi connectivity index (χ0v) is 13.5. The van der Waals surface area contributed by atoms with E-state index in [1.807, 2.05) is 17.5 Å². The van der Waals surface area contributed by atoms with Gasteiger partial charge in [-0.05, 0) is 35.6 Å². The number of carbonyl (C=O) groups is 1. The molecule has 0 radical (unpaired) electrons. The first-order chi connectivity index (χ1) is 11.2. The highest BCUT2D eigenvalue weighted by Gasteiger charge is 2.09. The standard InChI is InChI=1S/C17H16N2O3S/c1-2-12-3-5-13(6-4-12)22-15(20)7-9-19-11-18-16-14(17(19)21)8-10-23-16/h3-6,8,10-11H,2,7,9H2,1H3. The fourth-order valence-corrected chi connectivity index (χ4v) is 2.96. The Hall–Kier alpha value is -2.47. The molecule has 0 aliphatic rings. The van der Waals surface area contributed by atoms with Gasteiger partial charge in [0, 0.05) is 6.54 Å². The van der Waals surface area contributed by atoms with Crippen LogP contribution in [0.4, 0.5) is 0 Å². The van der Waals surface area contributed by atoms with Crippen LogP contribution in [-0.2, 0) is 17.8 Å². The van der Waals surface area contributed by atoms with Gasteiger partial charge in [0.25, 0.3) is 5.56 Å². The summed E-state index contributed by atoms with van der Waals surface area (Å²) in [6, 6.07) is 9.17. The number of hydrogen-bond donors (Lipinski definition) is 0. The Morgan fingerprint density at radius 3 is 2.78 bits per heavy atom. The maximum atomic E-state index is 12.2. The van der Waals surface area contributed by atoms with Crippen molar-refractivity contribution in [1.29, 1.82) is 0 Å². The van der Waals surface area contributed by atoms with Crippen molar-refractivity contribution in [3.63, 3.8) is 0 Å². The Bertz CT molecular complexity index is 881. The van der Waals surface area contributed by atoms with Gasteiger partial charge in [-0.2, -0.15) is 0 Å². The van der Waals surface area contributed by atoms with Gasteiger partial charge in [-0.15, -0.1) is 11.3 Å². The van der Waals surface area contributed by atoms with Crippen LogP contribution in [0.2, 0.25) is 0 Å². The lowest BCUT2D eigenvalue weighted by molar-refractivity contribution is -0.134. The largest absolute Gasteiger partial charge is 0.426 e. The smallest absolute Gasteiger partial charge is 0.312 e. The Labute approximate surface area is 137 Å². The molecule has 0 unspecified atom stereocenters. The van der Waals surface area contributed by atoms with E-state index in [1.165, 1.54) is 27.8 Å². The maximum Gasteiger partial charge on any atom is 0.312 e. The molecule has 0 N–H and O–H groups in total. The molecule has 2 heterocycles. The second kappa shape index (κ2) is 6.75. The zero-order valence-electron chi connectivity index (χ0n) is 12.7. The number of benzene rings is 1. The number of thiophene rings is 1. The summed E-state index contributed by atoms with van der Waals surface area (Å²) in [4.78, 5) is 29.0. The molecule has 0 saturated carbocycles. The van der Waals surface area contributed by atoms with Gasteiger partial charge in [-0.3, -0.25) is 14.2 Å². The summed E-state index contributed by atoms with van der Waals surface area (Å²) in [5.41, 5.74) is 1.06. The lowest BCUT2D eigenvalue weighted by Crippen LogP contribution is -2.22. The van der Waals surface area contributed by atoms with Crippen LogP contribution in [-0.4, -0.2) is 15.5 Å². The van der Waals surface area contributed by atoms with Gasteiger partial charge in [0.1, 0.15) is 10.6 Å². The average Bonchev–Trinajstić information content (AvgIpc) is 3.04. The highest BCUT2D eigenvalue weighted by atomic mass is 32.1. The summed E-state index contributed by atoms with van der Waals surface area (Å²) >= 11 is 1.42. The molecule has 0 fully saturated rings. The molecule has 2 aromatic heterocycles. The van der Waals surface area contributed by atoms with Crippen molar-refractivity contribution in [2.75, 3.05) is 0 Å². The fraction of sp³-hybridized carbons (Fsp3) is 0.235. The van der Waals surface area contributed by atoms with E-state index >= 15 is 0 Å². The number of nitrogens with zero attached hydrogens (tertiary/aromatic N) is 2. The minimum Gasteiger partial charge on any atom is -0.426 e. The number of carbonyl (C=O) groups excluding carboxylic acids is 1. The number of hydrogen-bond acceptors (Lipinski definition) is 5. The Morgan fingerprint density at radius 1 is 1.26 bits per heavy atom. The first kappa shape index (κ1) is 15.4. The van der Waals surface area contributed by atoms with E-state index in [0.29, 0.717) is 16.0 Å². The molecule has 0 amide bonds. The van der Waals surface area contributed by atoms with E-state index < -0.39 is 0 Å². The van der Waals surface area contributed by atoms with Gasteiger partial charge in [-0.25, -0.2) is 4.98 Å². The molecule has 5 nitrogen and oxygen atoms in total. The van der Waals surface area contributed by atoms with Crippen LogP contribution < -0.4 is 10.3 Å². The number of rotatable bonds is 5. The van der Waals surface area contributed by atoms with Gasteiger partial charge < -0.3 is 4.74 Å². The van der Waals surface area contributed by atoms with E-state index in [-0.39, 0.29) is 24.5 Å². The minimum absolute atomic E-state index is 0.118. The van der Waals surface area contributed by atoms with Crippen molar-refractivity contribution < 1.29 is 9.53 Å². The molecule has 1 aromatic carbocycles. The Balaban J connectivity index is 1.63. The fourth-order valence-electron chi connectivity index (χ4n) is 2.24. The van der Waals surface area contributed by atoms with E-state index in [4.69, 9.17) is 4.74 Å². The van der Waals surface area contributed by atoms with Crippen LogP contribution in [0.5, 0.6) is 5.75 Å². The van der Waals surface area contributed by atoms with Gasteiger partial charge in [0.15, 0.2) is 0 Å². The number of ether oxygens (including phenoxy) is 1. The second-order valence-electron chi connectivity index (χ2n) is 5.10. The third-order valence-corrected chi connectivity index (χ3v) is 4.39. The van der Waals surface area contributed by atoms with Crippen LogP contribution >= 0.6 is 11.3 Å². The third-order valence-electron chi connectivity index (χ3n) is 3.57. The Kier molecular flexibility index (Phi) is 4.52. The van der Waals surface area contributed by atoms with Crippen molar-refractivity contribution in [3.8, 4) is 5.75 Å². The molecular weight excluding hydrogens is 312 g/mol. The van der Waals surface area contributed by atoms with Crippen molar-refractivity contribution in [2.24, 2.45) is 0 Å². The molecule has 118 valence electrons. The summed E-state index contributed by atoms with van der Waals surface area (Å²) in [5.74, 6) is 0.150. The van der Waals surface area contributed by atoms with Crippen LogP contribution in [0.3, 0.4) is 0 Å². The highest BCUT2D eigenvalue weighted by Crippen LogP contribution is 2.14. The maximum absolute atomic E-state index is 12.2. The first-order valence-corrected chi connectivity index (χ1v) is 8.27. The predicted molar refractivity (Wildman–Crippen MR) is 90.0 cm³/mol. The summed E-state index contributed by atoms with van der Waals surface area (Å²) in [6.45, 7) is 2.32. The average molecular weight is 328 g/mol. The van der Waals surface area contributed by atoms with E-state index in [2.05, 4.69) is 11.9 Å². The number of fused-ring (bicyclic) bond motifs is 1. The molecule has 3 rings (SSSR count). The van der Waals surface area contributed by atoms with Crippen LogP contribution in [0, 0.1) is 0 Å². The molecule has 23 heavy (non-hydrogen) atoms. The quantitative estimate of drug-likeness (QED) is 0.533. The van der Waals surface area contributed by atoms with Crippen LogP contribution in [0.25, 0.3) is 10.2 Å². The van der Waals surface area contributed by atoms with E-state index in [1.54, 1.807) is 18.2 Å². The number of aromatic nitrogens is 2. The molecule has 0 saturated heterocycles. The topological polar surface area (TPSA) is 61.2 Å². The third kappa shape index (κ3) is 3.48. The normalized spacial score (nSPS) is 10.8. The molecule has 3 aromatic rings. The number of esters is 1. The van der Waals surface area contributed by atoms with Crippen molar-refractivity contribution >= 4 is 27.5 Å². The summed E-state index contributed by atoms with van der Waals surface area (Å²) < 4.78 is 6.72. The lowest BCUT2D eigenvalue weighted by Gasteiger charge is -2.07. The molecule has 6 heteroatoms. The Morgan fingerprint density at radius 2 is 2.04 bits per heavy atom. The van der Waals surface area contributed by atoms with Crippen LogP contribution in [0.15, 0.2) is 46.8 Å². The molecule has 0 atom stereocenters. The van der Waals surface area contributed by atoms with E-state index in [0.717, 1.165) is 6.42 Å². The van der Waals surface area contributed by atoms with Crippen molar-refractivity contribution in [2.45, 2.75) is 26.3 Å². The summed E-state index contributed by atoms with van der Waals surface area (Å²) in [6.07, 6.45) is 2.53. The summed E-state index contributed by atoms with van der Waals surface area (Å²) in [7, 11) is 0. The lowest BCUT2D eigenvalue weighted by atomic mass is 10.2. The monoisotopic (exact) mass is 328 g/mol. The van der Waals surface area contributed by atoms with Crippen molar-refractivity contribution in [3.05, 3.63) is 58.0 Å². The molecule has 0 aliphatic heterocycles. The van der Waals surface area contributed by atoms with Gasteiger partial charge in [-0.1, -0.05) is 19.1 Å². The zero-order chi connectivity index (χ0) is 16.2. The van der Waals surface area contributed by atoms with E-state index in [9.17, 15) is 9.59 Å². The second-order valence-corrected chi connectivity index (χ2v) is 6.00. The number of aryl methyl sites for hydroxylation is 2. The SMILES string of the molecule is CCc1ccc(OC(=O)CCn2cnc3sccc3c2=O)cc1. The predicted octanol–water partition coefficient (Wildman–Crippen LogP) is 3.02. The highest BCUT2D eigenvalue weighted by molar-refractivity contribution is 7.16. The summed E-state index contributed by atoms with van der Waals surface area (Å²) in [5, 5.41) is 2.42. The van der Waals surface area contributed by atoms with Gasteiger partial charge >= 0.3 is 5.97 Å². The van der Waals surface area contributed by atoms with Crippen molar-refractivity contribution in [1.82, 2.24) is 9.55 Å². The van der Waals surface area contributed by atoms with Gasteiger partial charge in [0.2, 0.25) is 0 Å². The molecule has 0 bridgehead atoms. The minimum atomic E-state index is -0.369. The molecule has 0 spiro atoms. The molecular formula is C17H16N2O3S.